The predicted octanol–water partition coefficient (Wildman–Crippen LogP) is 3.54. The first-order valence-corrected chi connectivity index (χ1v) is 11.4. The number of nitrogens with one attached hydrogen (secondary N) is 1. The van der Waals surface area contributed by atoms with Crippen LogP contribution in [-0.2, 0) is 22.9 Å². The molecule has 1 N–H and O–H groups in total. The lowest BCUT2D eigenvalue weighted by atomic mass is 10.0. The zero-order valence-corrected chi connectivity index (χ0v) is 17.5. The number of fused-ring (bicyclic) bond motifs is 1. The number of amides is 1. The lowest BCUT2D eigenvalue weighted by Gasteiger charge is -2.23. The van der Waals surface area contributed by atoms with Crippen molar-refractivity contribution < 1.29 is 13.2 Å². The molecule has 1 aliphatic rings. The third kappa shape index (κ3) is 4.38. The Morgan fingerprint density at radius 2 is 1.93 bits per heavy atom. The molecule has 0 fully saturated rings. The molecule has 2 atom stereocenters. The van der Waals surface area contributed by atoms with Crippen LogP contribution in [0.5, 0.6) is 0 Å². The average molecular weight is 401 g/mol. The molecule has 6 heteroatoms. The van der Waals surface area contributed by atoms with Crippen LogP contribution in [0.15, 0.2) is 48.5 Å². The van der Waals surface area contributed by atoms with Gasteiger partial charge in [0, 0.05) is 17.6 Å². The molecule has 0 bridgehead atoms. The summed E-state index contributed by atoms with van der Waals surface area (Å²) in [4.78, 5) is 12.6. The third-order valence-corrected chi connectivity index (χ3v) is 7.13. The first kappa shape index (κ1) is 20.4. The maximum atomic E-state index is 12.6. The van der Waals surface area contributed by atoms with Gasteiger partial charge in [-0.05, 0) is 69.4 Å². The van der Waals surface area contributed by atoms with Crippen LogP contribution in [-0.4, -0.2) is 32.2 Å². The van der Waals surface area contributed by atoms with E-state index in [1.54, 1.807) is 19.1 Å². The number of carbonyl (C=O) groups excluding carboxylic acids is 1. The summed E-state index contributed by atoms with van der Waals surface area (Å²) in [6, 6.07) is 15.5. The van der Waals surface area contributed by atoms with Gasteiger partial charge in [-0.3, -0.25) is 9.10 Å². The molecule has 1 amide bonds. The Morgan fingerprint density at radius 3 is 2.61 bits per heavy atom. The van der Waals surface area contributed by atoms with E-state index in [0.29, 0.717) is 17.7 Å². The smallest absolute Gasteiger partial charge is 0.251 e. The van der Waals surface area contributed by atoms with Gasteiger partial charge >= 0.3 is 0 Å². The summed E-state index contributed by atoms with van der Waals surface area (Å²) in [7, 11) is -3.31. The Labute approximate surface area is 167 Å². The molecule has 5 nitrogen and oxygen atoms in total. The Balaban J connectivity index is 1.66. The molecule has 0 saturated heterocycles. The van der Waals surface area contributed by atoms with E-state index in [9.17, 15) is 13.2 Å². The Bertz CT molecular complexity index is 942. The highest BCUT2D eigenvalue weighted by Gasteiger charge is 2.34. The first-order valence-electron chi connectivity index (χ1n) is 9.81. The molecule has 1 aliphatic heterocycles. The van der Waals surface area contributed by atoms with Crippen LogP contribution in [0.2, 0.25) is 0 Å². The maximum absolute atomic E-state index is 12.6. The van der Waals surface area contributed by atoms with Crippen molar-refractivity contribution in [1.29, 1.82) is 0 Å². The van der Waals surface area contributed by atoms with Gasteiger partial charge < -0.3 is 5.32 Å². The van der Waals surface area contributed by atoms with Gasteiger partial charge in [-0.25, -0.2) is 8.42 Å². The normalized spacial score (nSPS) is 17.2. The monoisotopic (exact) mass is 400 g/mol. The molecule has 150 valence electrons. The minimum absolute atomic E-state index is 0.0526. The minimum Gasteiger partial charge on any atom is -0.350 e. The van der Waals surface area contributed by atoms with Crippen LogP contribution in [0.4, 0.5) is 5.69 Å². The molecule has 0 saturated carbocycles. The number of aryl methyl sites for hydroxylation is 1. The van der Waals surface area contributed by atoms with E-state index in [1.807, 2.05) is 38.1 Å². The molecule has 0 unspecified atom stereocenters. The molecular formula is C22H28N2O3S. The summed E-state index contributed by atoms with van der Waals surface area (Å²) >= 11 is 0. The lowest BCUT2D eigenvalue weighted by molar-refractivity contribution is 0.0938. The second-order valence-corrected chi connectivity index (χ2v) is 9.63. The van der Waals surface area contributed by atoms with E-state index in [0.717, 1.165) is 18.4 Å². The number of carbonyl (C=O) groups is 1. The SMILES string of the molecule is CCS(=O)(=O)N1c2ccc(C(=O)N[C@H](C)CCc3ccccc3)cc2C[C@@H]1C. The molecule has 1 heterocycles. The largest absolute Gasteiger partial charge is 0.350 e. The Kier molecular flexibility index (Phi) is 6.08. The number of benzene rings is 2. The van der Waals surface area contributed by atoms with Crippen molar-refractivity contribution >= 4 is 21.6 Å². The Hall–Kier alpha value is -2.34. The van der Waals surface area contributed by atoms with Crippen LogP contribution >= 0.6 is 0 Å². The minimum atomic E-state index is -3.31. The van der Waals surface area contributed by atoms with Gasteiger partial charge in [-0.1, -0.05) is 30.3 Å². The van der Waals surface area contributed by atoms with Gasteiger partial charge in [0.05, 0.1) is 11.4 Å². The molecule has 0 aromatic heterocycles. The lowest BCUT2D eigenvalue weighted by Crippen LogP contribution is -2.36. The quantitative estimate of drug-likeness (QED) is 0.773. The Morgan fingerprint density at radius 1 is 1.21 bits per heavy atom. The van der Waals surface area contributed by atoms with Crippen molar-refractivity contribution in [2.75, 3.05) is 10.1 Å². The fourth-order valence-corrected chi connectivity index (χ4v) is 5.09. The fraction of sp³-hybridized carbons (Fsp3) is 0.409. The third-order valence-electron chi connectivity index (χ3n) is 5.25. The topological polar surface area (TPSA) is 66.5 Å². The number of nitrogens with zero attached hydrogens (tertiary/aromatic N) is 1. The van der Waals surface area contributed by atoms with E-state index in [-0.39, 0.29) is 23.7 Å². The van der Waals surface area contributed by atoms with Crippen LogP contribution in [0.25, 0.3) is 0 Å². The van der Waals surface area contributed by atoms with Crippen molar-refractivity contribution in [1.82, 2.24) is 5.32 Å². The van der Waals surface area contributed by atoms with Gasteiger partial charge in [0.2, 0.25) is 10.0 Å². The second kappa shape index (κ2) is 8.35. The highest BCUT2D eigenvalue weighted by atomic mass is 32.2. The maximum Gasteiger partial charge on any atom is 0.251 e. The molecule has 0 radical (unpaired) electrons. The highest BCUT2D eigenvalue weighted by Crippen LogP contribution is 2.35. The number of anilines is 1. The van der Waals surface area contributed by atoms with E-state index in [1.165, 1.54) is 9.87 Å². The summed E-state index contributed by atoms with van der Waals surface area (Å²) in [5, 5.41) is 3.05. The van der Waals surface area contributed by atoms with Crippen molar-refractivity contribution in [2.45, 2.75) is 52.1 Å². The van der Waals surface area contributed by atoms with Crippen molar-refractivity contribution in [3.8, 4) is 0 Å². The number of hydrogen-bond acceptors (Lipinski definition) is 3. The van der Waals surface area contributed by atoms with Crippen molar-refractivity contribution in [3.05, 3.63) is 65.2 Å². The van der Waals surface area contributed by atoms with Gasteiger partial charge in [0.25, 0.3) is 5.91 Å². The van der Waals surface area contributed by atoms with Gasteiger partial charge in [0.1, 0.15) is 0 Å². The number of hydrogen-bond donors (Lipinski definition) is 1. The van der Waals surface area contributed by atoms with Crippen LogP contribution in [0.1, 0.15) is 48.7 Å². The number of sulfonamides is 1. The second-order valence-electron chi connectivity index (χ2n) is 7.49. The summed E-state index contributed by atoms with van der Waals surface area (Å²) in [6.07, 6.45) is 2.40. The molecule has 28 heavy (non-hydrogen) atoms. The average Bonchev–Trinajstić information content (AvgIpc) is 3.02. The summed E-state index contributed by atoms with van der Waals surface area (Å²) < 4.78 is 26.2. The van der Waals surface area contributed by atoms with Crippen molar-refractivity contribution in [3.63, 3.8) is 0 Å². The van der Waals surface area contributed by atoms with E-state index in [4.69, 9.17) is 0 Å². The van der Waals surface area contributed by atoms with Gasteiger partial charge in [-0.15, -0.1) is 0 Å². The molecule has 2 aromatic rings. The van der Waals surface area contributed by atoms with Gasteiger partial charge in [-0.2, -0.15) is 0 Å². The van der Waals surface area contributed by atoms with Gasteiger partial charge in [0.15, 0.2) is 0 Å². The van der Waals surface area contributed by atoms with Crippen LogP contribution in [0.3, 0.4) is 0 Å². The molecule has 0 aliphatic carbocycles. The zero-order chi connectivity index (χ0) is 20.3. The molecule has 3 rings (SSSR count). The summed E-state index contributed by atoms with van der Waals surface area (Å²) in [6.45, 7) is 5.56. The summed E-state index contributed by atoms with van der Waals surface area (Å²) in [5.41, 5.74) is 3.44. The van der Waals surface area contributed by atoms with E-state index in [2.05, 4.69) is 17.4 Å². The van der Waals surface area contributed by atoms with Crippen molar-refractivity contribution in [2.24, 2.45) is 0 Å². The highest BCUT2D eigenvalue weighted by molar-refractivity contribution is 7.92. The van der Waals surface area contributed by atoms with Crippen LogP contribution in [0, 0.1) is 0 Å². The zero-order valence-electron chi connectivity index (χ0n) is 16.7. The first-order chi connectivity index (χ1) is 13.3. The van der Waals surface area contributed by atoms with E-state index < -0.39 is 10.0 Å². The fourth-order valence-electron chi connectivity index (χ4n) is 3.71. The summed E-state index contributed by atoms with van der Waals surface area (Å²) in [5.74, 6) is -0.0504. The van der Waals surface area contributed by atoms with Crippen LogP contribution < -0.4 is 9.62 Å². The standard InChI is InChI=1S/C22H28N2O3S/c1-4-28(26,27)24-17(3)14-20-15-19(12-13-21(20)24)22(25)23-16(2)10-11-18-8-6-5-7-9-18/h5-9,12-13,15-17H,4,10-11,14H2,1-3H3,(H,23,25)/t16-,17+/m1/s1. The molecular weight excluding hydrogens is 372 g/mol. The van der Waals surface area contributed by atoms with E-state index >= 15 is 0 Å². The molecule has 0 spiro atoms. The number of rotatable bonds is 7. The predicted molar refractivity (Wildman–Crippen MR) is 113 cm³/mol. The molecule has 2 aromatic carbocycles.